The third kappa shape index (κ3) is 4.97. The first-order chi connectivity index (χ1) is 8.92. The van der Waals surface area contributed by atoms with E-state index in [1.54, 1.807) is 0 Å². The molecule has 1 aromatic rings. The Balaban J connectivity index is 1.83. The molecule has 1 aliphatic rings. The zero-order valence-corrected chi connectivity index (χ0v) is 12.6. The van der Waals surface area contributed by atoms with Crippen molar-refractivity contribution < 1.29 is 4.74 Å². The first kappa shape index (κ1) is 14.6. The van der Waals surface area contributed by atoms with Gasteiger partial charge in [-0.15, -0.1) is 0 Å². The summed E-state index contributed by atoms with van der Waals surface area (Å²) in [5, 5.41) is 3.51. The molecule has 0 spiro atoms. The van der Waals surface area contributed by atoms with Crippen molar-refractivity contribution in [3.8, 4) is 0 Å². The summed E-state index contributed by atoms with van der Waals surface area (Å²) in [4.78, 5) is 2.33. The molecule has 4 nitrogen and oxygen atoms in total. The van der Waals surface area contributed by atoms with Gasteiger partial charge in [-0.1, -0.05) is 0 Å². The molecule has 0 bridgehead atoms. The third-order valence-corrected chi connectivity index (χ3v) is 3.39. The molecule has 1 aromatic heterocycles. The van der Waals surface area contributed by atoms with Crippen LogP contribution in [0.5, 0.6) is 0 Å². The highest BCUT2D eigenvalue weighted by atomic mass is 16.5. The monoisotopic (exact) mass is 265 g/mol. The molecular weight excluding hydrogens is 238 g/mol. The van der Waals surface area contributed by atoms with Crippen LogP contribution in [0.2, 0.25) is 0 Å². The van der Waals surface area contributed by atoms with E-state index in [1.165, 1.54) is 5.56 Å². The van der Waals surface area contributed by atoms with Crippen LogP contribution in [0, 0.1) is 0 Å². The second kappa shape index (κ2) is 6.07. The van der Waals surface area contributed by atoms with E-state index in [1.807, 2.05) is 0 Å². The van der Waals surface area contributed by atoms with E-state index in [2.05, 4.69) is 61.1 Å². The average Bonchev–Trinajstić information content (AvgIpc) is 2.73. The molecule has 2 rings (SSSR count). The van der Waals surface area contributed by atoms with Crippen molar-refractivity contribution in [1.29, 1.82) is 0 Å². The summed E-state index contributed by atoms with van der Waals surface area (Å²) in [5.41, 5.74) is 1.50. The summed E-state index contributed by atoms with van der Waals surface area (Å²) in [7, 11) is 2.16. The van der Waals surface area contributed by atoms with Crippen molar-refractivity contribution in [2.45, 2.75) is 45.5 Å². The third-order valence-electron chi connectivity index (χ3n) is 3.39. The molecule has 1 aliphatic heterocycles. The molecule has 0 radical (unpaired) electrons. The molecule has 0 saturated carbocycles. The van der Waals surface area contributed by atoms with Gasteiger partial charge in [-0.3, -0.25) is 0 Å². The highest BCUT2D eigenvalue weighted by Crippen LogP contribution is 2.09. The summed E-state index contributed by atoms with van der Waals surface area (Å²) in [6.07, 6.45) is 4.68. The molecule has 4 heteroatoms. The minimum Gasteiger partial charge on any atom is -0.374 e. The van der Waals surface area contributed by atoms with Gasteiger partial charge >= 0.3 is 0 Å². The summed E-state index contributed by atoms with van der Waals surface area (Å²) in [5.74, 6) is 0. The van der Waals surface area contributed by atoms with Crippen LogP contribution in [0.25, 0.3) is 0 Å². The molecule has 1 unspecified atom stereocenters. The number of rotatable bonds is 4. The van der Waals surface area contributed by atoms with Crippen molar-refractivity contribution in [3.63, 3.8) is 0 Å². The van der Waals surface area contributed by atoms with Gasteiger partial charge in [-0.2, -0.15) is 0 Å². The van der Waals surface area contributed by atoms with Gasteiger partial charge in [0, 0.05) is 44.1 Å². The molecule has 1 atom stereocenters. The molecule has 0 amide bonds. The highest BCUT2D eigenvalue weighted by Gasteiger charge is 2.18. The topological polar surface area (TPSA) is 29.4 Å². The van der Waals surface area contributed by atoms with Gasteiger partial charge in [-0.05, 0) is 39.4 Å². The Morgan fingerprint density at radius 3 is 2.89 bits per heavy atom. The second-order valence-electron chi connectivity index (χ2n) is 6.58. The standard InChI is InChI=1S/C15H27N3O/c1-15(2,3)16-9-13-5-6-18(10-13)12-14-11-17(4)7-8-19-14/h5-6,10,14,16H,7-9,11-12H2,1-4H3. The Bertz CT molecular complexity index is 394. The molecule has 1 N–H and O–H groups in total. The SMILES string of the molecule is CN1CCOC(Cn2ccc(CNC(C)(C)C)c2)C1. The molecule has 1 saturated heterocycles. The van der Waals surface area contributed by atoms with Crippen LogP contribution in [0.4, 0.5) is 0 Å². The van der Waals surface area contributed by atoms with Crippen LogP contribution in [0.1, 0.15) is 26.3 Å². The van der Waals surface area contributed by atoms with Crippen LogP contribution >= 0.6 is 0 Å². The minimum atomic E-state index is 0.164. The maximum atomic E-state index is 5.80. The first-order valence-electron chi connectivity index (χ1n) is 7.12. The van der Waals surface area contributed by atoms with Crippen molar-refractivity contribution in [2.24, 2.45) is 0 Å². The molecule has 1 fully saturated rings. The van der Waals surface area contributed by atoms with Crippen LogP contribution in [-0.4, -0.2) is 47.9 Å². The van der Waals surface area contributed by atoms with E-state index in [-0.39, 0.29) is 5.54 Å². The number of ether oxygens (including phenoxy) is 1. The quantitative estimate of drug-likeness (QED) is 0.898. The summed E-state index contributed by atoms with van der Waals surface area (Å²) < 4.78 is 8.04. The van der Waals surface area contributed by atoms with E-state index < -0.39 is 0 Å². The van der Waals surface area contributed by atoms with E-state index in [0.717, 1.165) is 32.8 Å². The Labute approximate surface area is 116 Å². The minimum absolute atomic E-state index is 0.164. The van der Waals surface area contributed by atoms with Crippen LogP contribution in [-0.2, 0) is 17.8 Å². The van der Waals surface area contributed by atoms with Crippen molar-refractivity contribution >= 4 is 0 Å². The summed E-state index contributed by atoms with van der Waals surface area (Å²) in [6, 6.07) is 2.19. The normalized spacial score (nSPS) is 21.8. The van der Waals surface area contributed by atoms with E-state index in [4.69, 9.17) is 4.74 Å². The predicted molar refractivity (Wildman–Crippen MR) is 78.3 cm³/mol. The molecule has 0 aromatic carbocycles. The fourth-order valence-electron chi connectivity index (χ4n) is 2.29. The number of nitrogens with one attached hydrogen (secondary N) is 1. The lowest BCUT2D eigenvalue weighted by molar-refractivity contribution is -0.0274. The Hall–Kier alpha value is -0.840. The second-order valence-corrected chi connectivity index (χ2v) is 6.58. The number of hydrogen-bond donors (Lipinski definition) is 1. The Morgan fingerprint density at radius 2 is 2.21 bits per heavy atom. The Kier molecular flexibility index (Phi) is 4.66. The lowest BCUT2D eigenvalue weighted by Crippen LogP contribution is -2.41. The zero-order chi connectivity index (χ0) is 13.9. The lowest BCUT2D eigenvalue weighted by Gasteiger charge is -2.30. The summed E-state index contributed by atoms with van der Waals surface area (Å²) >= 11 is 0. The molecular formula is C15H27N3O. The zero-order valence-electron chi connectivity index (χ0n) is 12.6. The van der Waals surface area contributed by atoms with Crippen molar-refractivity contribution in [2.75, 3.05) is 26.7 Å². The number of likely N-dealkylation sites (N-methyl/N-ethyl adjacent to an activating group) is 1. The molecule has 19 heavy (non-hydrogen) atoms. The average molecular weight is 265 g/mol. The number of aromatic nitrogens is 1. The van der Waals surface area contributed by atoms with E-state index in [9.17, 15) is 0 Å². The van der Waals surface area contributed by atoms with E-state index in [0.29, 0.717) is 6.10 Å². The molecule has 0 aliphatic carbocycles. The lowest BCUT2D eigenvalue weighted by atomic mass is 10.1. The predicted octanol–water partition coefficient (Wildman–Crippen LogP) is 1.71. The maximum Gasteiger partial charge on any atom is 0.0880 e. The van der Waals surface area contributed by atoms with Crippen molar-refractivity contribution in [3.05, 3.63) is 24.0 Å². The van der Waals surface area contributed by atoms with Gasteiger partial charge < -0.3 is 19.5 Å². The Morgan fingerprint density at radius 1 is 1.42 bits per heavy atom. The maximum absolute atomic E-state index is 5.80. The van der Waals surface area contributed by atoms with Gasteiger partial charge in [0.2, 0.25) is 0 Å². The van der Waals surface area contributed by atoms with Gasteiger partial charge in [0.05, 0.1) is 12.7 Å². The van der Waals surface area contributed by atoms with Crippen molar-refractivity contribution in [1.82, 2.24) is 14.8 Å². The number of morpholine rings is 1. The molecule has 108 valence electrons. The van der Waals surface area contributed by atoms with Crippen LogP contribution < -0.4 is 5.32 Å². The smallest absolute Gasteiger partial charge is 0.0880 e. The van der Waals surface area contributed by atoms with Crippen LogP contribution in [0.3, 0.4) is 0 Å². The van der Waals surface area contributed by atoms with Gasteiger partial charge in [0.15, 0.2) is 0 Å². The number of nitrogens with zero attached hydrogens (tertiary/aromatic N) is 2. The van der Waals surface area contributed by atoms with E-state index >= 15 is 0 Å². The largest absolute Gasteiger partial charge is 0.374 e. The molecule has 2 heterocycles. The fraction of sp³-hybridized carbons (Fsp3) is 0.733. The fourth-order valence-corrected chi connectivity index (χ4v) is 2.29. The van der Waals surface area contributed by atoms with Gasteiger partial charge in [0.25, 0.3) is 0 Å². The number of hydrogen-bond acceptors (Lipinski definition) is 3. The van der Waals surface area contributed by atoms with Gasteiger partial charge in [-0.25, -0.2) is 0 Å². The van der Waals surface area contributed by atoms with Crippen LogP contribution in [0.15, 0.2) is 18.5 Å². The van der Waals surface area contributed by atoms with Gasteiger partial charge in [0.1, 0.15) is 0 Å². The first-order valence-corrected chi connectivity index (χ1v) is 7.12. The highest BCUT2D eigenvalue weighted by molar-refractivity contribution is 5.10. The summed E-state index contributed by atoms with van der Waals surface area (Å²) in [6.45, 7) is 11.3.